The van der Waals surface area contributed by atoms with Crippen molar-refractivity contribution in [3.8, 4) is 5.75 Å². The number of rotatable bonds is 11. The Morgan fingerprint density at radius 3 is 2.18 bits per heavy atom. The van der Waals surface area contributed by atoms with Gasteiger partial charge in [-0.1, -0.05) is 70.6 Å². The summed E-state index contributed by atoms with van der Waals surface area (Å²) in [5.41, 5.74) is 1.91. The molecular weight excluding hydrogens is 418 g/mol. The highest BCUT2D eigenvalue weighted by molar-refractivity contribution is 5.91. The number of benzene rings is 2. The number of hydrogen-bond donors (Lipinski definition) is 0. The van der Waals surface area contributed by atoms with Crippen molar-refractivity contribution >= 4 is 5.97 Å². The summed E-state index contributed by atoms with van der Waals surface area (Å²) >= 11 is 0. The molecule has 1 saturated carbocycles. The first-order chi connectivity index (χ1) is 16.0. The van der Waals surface area contributed by atoms with Crippen molar-refractivity contribution in [1.82, 2.24) is 0 Å². The lowest BCUT2D eigenvalue weighted by Gasteiger charge is -2.29. The van der Waals surface area contributed by atoms with Crippen molar-refractivity contribution in [2.45, 2.75) is 96.8 Å². The molecule has 2 aromatic rings. The summed E-state index contributed by atoms with van der Waals surface area (Å²) < 4.78 is 34.0. The second-order valence-electron chi connectivity index (χ2n) is 9.53. The topological polar surface area (TPSA) is 26.3 Å². The summed E-state index contributed by atoms with van der Waals surface area (Å²) in [4.78, 5) is 12.5. The molecular formula is C29H38F2O2. The van der Waals surface area contributed by atoms with Crippen molar-refractivity contribution in [3.63, 3.8) is 0 Å². The molecule has 4 heteroatoms. The van der Waals surface area contributed by atoms with E-state index in [0.29, 0.717) is 23.5 Å². The lowest BCUT2D eigenvalue weighted by molar-refractivity contribution is 0.0726. The maximum atomic E-state index is 14.4. The van der Waals surface area contributed by atoms with E-state index in [4.69, 9.17) is 4.74 Å². The molecule has 2 nitrogen and oxygen atoms in total. The predicted molar refractivity (Wildman–Crippen MR) is 130 cm³/mol. The number of aryl methyl sites for hydroxylation is 1. The van der Waals surface area contributed by atoms with Crippen LogP contribution in [0.15, 0.2) is 36.4 Å². The Balaban J connectivity index is 1.55. The summed E-state index contributed by atoms with van der Waals surface area (Å²) in [5, 5.41) is 0. The van der Waals surface area contributed by atoms with Crippen LogP contribution in [0.4, 0.5) is 8.78 Å². The first kappa shape index (κ1) is 25.4. The first-order valence-electron chi connectivity index (χ1n) is 12.8. The molecule has 0 N–H and O–H groups in total. The van der Waals surface area contributed by atoms with Gasteiger partial charge >= 0.3 is 5.97 Å². The number of carbonyl (C=O) groups is 1. The van der Waals surface area contributed by atoms with Gasteiger partial charge in [-0.15, -0.1) is 0 Å². The van der Waals surface area contributed by atoms with E-state index in [-0.39, 0.29) is 5.75 Å². The molecule has 1 fully saturated rings. The van der Waals surface area contributed by atoms with Crippen molar-refractivity contribution in [2.75, 3.05) is 0 Å². The normalized spacial score (nSPS) is 18.3. The van der Waals surface area contributed by atoms with Gasteiger partial charge in [0, 0.05) is 0 Å². The second kappa shape index (κ2) is 12.9. The maximum Gasteiger partial charge on any atom is 0.343 e. The van der Waals surface area contributed by atoms with Crippen molar-refractivity contribution in [2.24, 2.45) is 5.92 Å². The Morgan fingerprint density at radius 2 is 1.52 bits per heavy atom. The number of unbranched alkanes of at least 4 members (excludes halogenated alkanes) is 4. The van der Waals surface area contributed by atoms with Crippen LogP contribution in [0.25, 0.3) is 0 Å². The van der Waals surface area contributed by atoms with Gasteiger partial charge in [0.2, 0.25) is 5.82 Å². The van der Waals surface area contributed by atoms with Crippen molar-refractivity contribution in [3.05, 3.63) is 64.7 Å². The standard InChI is InChI=1S/C29H38F2O2/c1-3-5-7-9-21-11-13-22(14-12-21)23-15-17-25(18-16-23)29(32)33-26-20-19-24(10-8-6-4-2)27(30)28(26)31/h15-22H,3-14H2,1-2H3. The third kappa shape index (κ3) is 7.12. The summed E-state index contributed by atoms with van der Waals surface area (Å²) in [6, 6.07) is 10.3. The van der Waals surface area contributed by atoms with Crippen LogP contribution >= 0.6 is 0 Å². The van der Waals surface area contributed by atoms with Crippen LogP contribution in [-0.4, -0.2) is 5.97 Å². The van der Waals surface area contributed by atoms with Crippen LogP contribution in [0.1, 0.15) is 112 Å². The molecule has 0 atom stereocenters. The van der Waals surface area contributed by atoms with Crippen LogP contribution in [-0.2, 0) is 6.42 Å². The van der Waals surface area contributed by atoms with Crippen LogP contribution in [0.3, 0.4) is 0 Å². The molecule has 0 aromatic heterocycles. The van der Waals surface area contributed by atoms with E-state index in [1.165, 1.54) is 69.1 Å². The molecule has 0 radical (unpaired) electrons. The Bertz CT molecular complexity index is 883. The quantitative estimate of drug-likeness (QED) is 0.192. The lowest BCUT2D eigenvalue weighted by Crippen LogP contribution is -2.14. The molecule has 2 aromatic carbocycles. The van der Waals surface area contributed by atoms with Crippen LogP contribution in [0.5, 0.6) is 5.75 Å². The number of esters is 1. The van der Waals surface area contributed by atoms with Gasteiger partial charge in [-0.2, -0.15) is 4.39 Å². The third-order valence-electron chi connectivity index (χ3n) is 7.06. The molecule has 1 aliphatic rings. The fourth-order valence-corrected chi connectivity index (χ4v) is 4.93. The van der Waals surface area contributed by atoms with Gasteiger partial charge < -0.3 is 4.74 Å². The Labute approximate surface area is 197 Å². The molecule has 0 spiro atoms. The first-order valence-corrected chi connectivity index (χ1v) is 12.8. The third-order valence-corrected chi connectivity index (χ3v) is 7.06. The molecule has 3 rings (SSSR count). The van der Waals surface area contributed by atoms with Gasteiger partial charge in [0.05, 0.1) is 5.56 Å². The fourth-order valence-electron chi connectivity index (χ4n) is 4.93. The maximum absolute atomic E-state index is 14.4. The van der Waals surface area contributed by atoms with E-state index in [9.17, 15) is 13.6 Å². The van der Waals surface area contributed by atoms with Gasteiger partial charge in [0.15, 0.2) is 11.6 Å². The molecule has 0 unspecified atom stereocenters. The Hall–Kier alpha value is -2.23. The average molecular weight is 457 g/mol. The SMILES string of the molecule is CCCCCc1ccc(OC(=O)c2ccc(C3CCC(CCCCC)CC3)cc2)c(F)c1F. The van der Waals surface area contributed by atoms with E-state index in [1.54, 1.807) is 12.1 Å². The zero-order chi connectivity index (χ0) is 23.6. The van der Waals surface area contributed by atoms with Gasteiger partial charge in [-0.05, 0) is 79.7 Å². The average Bonchev–Trinajstić information content (AvgIpc) is 2.84. The van der Waals surface area contributed by atoms with E-state index in [2.05, 4.69) is 13.8 Å². The van der Waals surface area contributed by atoms with Crippen molar-refractivity contribution < 1.29 is 18.3 Å². The Morgan fingerprint density at radius 1 is 0.848 bits per heavy atom. The second-order valence-corrected chi connectivity index (χ2v) is 9.53. The molecule has 180 valence electrons. The van der Waals surface area contributed by atoms with Gasteiger partial charge in [-0.25, -0.2) is 9.18 Å². The van der Waals surface area contributed by atoms with Crippen LogP contribution in [0, 0.1) is 17.6 Å². The zero-order valence-electron chi connectivity index (χ0n) is 20.2. The van der Waals surface area contributed by atoms with Gasteiger partial charge in [0.1, 0.15) is 0 Å². The Kier molecular flexibility index (Phi) is 9.90. The highest BCUT2D eigenvalue weighted by atomic mass is 19.2. The number of ether oxygens (including phenoxy) is 1. The minimum absolute atomic E-state index is 0.324. The van der Waals surface area contributed by atoms with Gasteiger partial charge in [-0.3, -0.25) is 0 Å². The van der Waals surface area contributed by atoms with Gasteiger partial charge in [0.25, 0.3) is 0 Å². The minimum atomic E-state index is -1.09. The van der Waals surface area contributed by atoms with Crippen LogP contribution in [0.2, 0.25) is 0 Å². The summed E-state index contributed by atoms with van der Waals surface area (Å²) in [5.74, 6) is -1.65. The largest absolute Gasteiger partial charge is 0.420 e. The molecule has 0 heterocycles. The molecule has 33 heavy (non-hydrogen) atoms. The highest BCUT2D eigenvalue weighted by Crippen LogP contribution is 2.38. The van der Waals surface area contributed by atoms with E-state index >= 15 is 0 Å². The summed E-state index contributed by atoms with van der Waals surface area (Å²) in [7, 11) is 0. The van der Waals surface area contributed by atoms with Crippen LogP contribution < -0.4 is 4.74 Å². The number of hydrogen-bond acceptors (Lipinski definition) is 2. The zero-order valence-corrected chi connectivity index (χ0v) is 20.2. The monoisotopic (exact) mass is 456 g/mol. The van der Waals surface area contributed by atoms with E-state index in [0.717, 1.165) is 25.2 Å². The highest BCUT2D eigenvalue weighted by Gasteiger charge is 2.23. The summed E-state index contributed by atoms with van der Waals surface area (Å²) in [6.45, 7) is 4.31. The molecule has 0 amide bonds. The van der Waals surface area contributed by atoms with E-state index < -0.39 is 17.6 Å². The number of carbonyl (C=O) groups excluding carboxylic acids is 1. The van der Waals surface area contributed by atoms with Crippen molar-refractivity contribution in [1.29, 1.82) is 0 Å². The van der Waals surface area contributed by atoms with E-state index in [1.807, 2.05) is 12.1 Å². The lowest BCUT2D eigenvalue weighted by atomic mass is 9.77. The molecule has 1 aliphatic carbocycles. The minimum Gasteiger partial charge on any atom is -0.420 e. The smallest absolute Gasteiger partial charge is 0.343 e. The predicted octanol–water partition coefficient (Wildman–Crippen LogP) is 8.77. The molecule has 0 saturated heterocycles. The molecule has 0 bridgehead atoms. The molecule has 0 aliphatic heterocycles. The fraction of sp³-hybridized carbons (Fsp3) is 0.552. The summed E-state index contributed by atoms with van der Waals surface area (Å²) in [6.07, 6.45) is 13.5. The number of halogens is 2.